The number of halogens is 2. The molecule has 112 valence electrons. The number of nitrogens with two attached hydrogens (primary N) is 1. The monoisotopic (exact) mass is 297 g/mol. The summed E-state index contributed by atoms with van der Waals surface area (Å²) >= 11 is 0. The Labute approximate surface area is 119 Å². The van der Waals surface area contributed by atoms with Crippen molar-refractivity contribution < 1.29 is 23.4 Å². The van der Waals surface area contributed by atoms with Crippen LogP contribution in [0.5, 0.6) is 11.8 Å². The van der Waals surface area contributed by atoms with Gasteiger partial charge < -0.3 is 20.3 Å². The summed E-state index contributed by atoms with van der Waals surface area (Å²) in [5.41, 5.74) is 4.95. The van der Waals surface area contributed by atoms with Crippen molar-refractivity contribution >= 4 is 5.69 Å². The van der Waals surface area contributed by atoms with Gasteiger partial charge in [0.25, 0.3) is 0 Å². The Hall–Kier alpha value is -2.48. The van der Waals surface area contributed by atoms with E-state index in [9.17, 15) is 13.9 Å². The van der Waals surface area contributed by atoms with E-state index in [1.165, 1.54) is 20.3 Å². The van der Waals surface area contributed by atoms with E-state index in [1.54, 1.807) is 0 Å². The van der Waals surface area contributed by atoms with E-state index in [-0.39, 0.29) is 28.8 Å². The lowest BCUT2D eigenvalue weighted by Crippen LogP contribution is -2.11. The van der Waals surface area contributed by atoms with Gasteiger partial charge in [0.05, 0.1) is 26.0 Å². The summed E-state index contributed by atoms with van der Waals surface area (Å²) in [7, 11) is 2.74. The Morgan fingerprint density at radius 2 is 1.67 bits per heavy atom. The first-order valence-electron chi connectivity index (χ1n) is 5.85. The van der Waals surface area contributed by atoms with Crippen LogP contribution >= 0.6 is 0 Å². The molecular weight excluding hydrogens is 284 g/mol. The number of aliphatic hydroxyl groups is 1. The van der Waals surface area contributed by atoms with Gasteiger partial charge in [-0.3, -0.25) is 0 Å². The zero-order valence-electron chi connectivity index (χ0n) is 11.3. The van der Waals surface area contributed by atoms with Crippen molar-refractivity contribution in [3.63, 3.8) is 0 Å². The van der Waals surface area contributed by atoms with E-state index in [4.69, 9.17) is 15.2 Å². The molecule has 0 aliphatic rings. The molecule has 1 aromatic heterocycles. The van der Waals surface area contributed by atoms with E-state index in [0.717, 1.165) is 6.07 Å². The SMILES string of the molecule is COc1cc(OC)nc(C(O)c2cc(F)cc(F)c2N)n1. The predicted octanol–water partition coefficient (Wildman–Crippen LogP) is 1.44. The number of benzene rings is 1. The molecule has 8 heteroatoms. The number of methoxy groups -OCH3 is 2. The molecular formula is C13H13F2N3O3. The molecule has 3 N–H and O–H groups in total. The molecule has 0 spiro atoms. The zero-order valence-corrected chi connectivity index (χ0v) is 11.3. The minimum atomic E-state index is -1.53. The summed E-state index contributed by atoms with van der Waals surface area (Å²) in [6, 6.07) is 2.93. The topological polar surface area (TPSA) is 90.5 Å². The number of aromatic nitrogens is 2. The lowest BCUT2D eigenvalue weighted by molar-refractivity contribution is 0.205. The van der Waals surface area contributed by atoms with Crippen LogP contribution in [0.25, 0.3) is 0 Å². The molecule has 1 heterocycles. The van der Waals surface area contributed by atoms with Crippen molar-refractivity contribution in [1.82, 2.24) is 9.97 Å². The molecule has 1 unspecified atom stereocenters. The summed E-state index contributed by atoms with van der Waals surface area (Å²) < 4.78 is 36.6. The smallest absolute Gasteiger partial charge is 0.220 e. The number of ether oxygens (including phenoxy) is 2. The van der Waals surface area contributed by atoms with Gasteiger partial charge in [-0.1, -0.05) is 0 Å². The summed E-state index contributed by atoms with van der Waals surface area (Å²) in [5, 5.41) is 10.2. The van der Waals surface area contributed by atoms with E-state index in [2.05, 4.69) is 9.97 Å². The average molecular weight is 297 g/mol. The van der Waals surface area contributed by atoms with Crippen LogP contribution < -0.4 is 15.2 Å². The first-order chi connectivity index (χ1) is 9.96. The normalized spacial score (nSPS) is 12.0. The van der Waals surface area contributed by atoms with Crippen molar-refractivity contribution in [2.75, 3.05) is 20.0 Å². The molecule has 0 saturated heterocycles. The lowest BCUT2D eigenvalue weighted by Gasteiger charge is -2.14. The van der Waals surface area contributed by atoms with Crippen LogP contribution in [0.1, 0.15) is 17.5 Å². The second-order valence-electron chi connectivity index (χ2n) is 4.10. The molecule has 2 aromatic rings. The van der Waals surface area contributed by atoms with Crippen molar-refractivity contribution in [2.24, 2.45) is 0 Å². The Morgan fingerprint density at radius 3 is 2.19 bits per heavy atom. The van der Waals surface area contributed by atoms with Crippen molar-refractivity contribution in [2.45, 2.75) is 6.10 Å². The fourth-order valence-electron chi connectivity index (χ4n) is 1.72. The van der Waals surface area contributed by atoms with Gasteiger partial charge in [-0.2, -0.15) is 9.97 Å². The van der Waals surface area contributed by atoms with Gasteiger partial charge in [-0.05, 0) is 6.07 Å². The predicted molar refractivity (Wildman–Crippen MR) is 70.0 cm³/mol. The minimum absolute atomic E-state index is 0.131. The van der Waals surface area contributed by atoms with Crippen LogP contribution in [0.3, 0.4) is 0 Å². The Balaban J connectivity index is 2.51. The Kier molecular flexibility index (Phi) is 4.18. The van der Waals surface area contributed by atoms with Gasteiger partial charge in [-0.25, -0.2) is 8.78 Å². The summed E-state index contributed by atoms with van der Waals surface area (Å²) in [6.45, 7) is 0. The minimum Gasteiger partial charge on any atom is -0.481 e. The largest absolute Gasteiger partial charge is 0.481 e. The highest BCUT2D eigenvalue weighted by Gasteiger charge is 2.21. The highest BCUT2D eigenvalue weighted by molar-refractivity contribution is 5.51. The number of nitrogen functional groups attached to an aromatic ring is 1. The van der Waals surface area contributed by atoms with Gasteiger partial charge in [0.2, 0.25) is 11.8 Å². The van der Waals surface area contributed by atoms with Gasteiger partial charge >= 0.3 is 0 Å². The molecule has 0 radical (unpaired) electrons. The summed E-state index contributed by atoms with van der Waals surface area (Å²) in [5.74, 6) is -1.73. The molecule has 1 aromatic carbocycles. The quantitative estimate of drug-likeness (QED) is 0.830. The summed E-state index contributed by atoms with van der Waals surface area (Å²) in [4.78, 5) is 7.83. The first kappa shape index (κ1) is 14.9. The molecule has 0 bridgehead atoms. The van der Waals surface area contributed by atoms with Gasteiger partial charge in [-0.15, -0.1) is 0 Å². The third-order valence-electron chi connectivity index (χ3n) is 2.78. The number of aliphatic hydroxyl groups excluding tert-OH is 1. The van der Waals surface area contributed by atoms with Crippen LogP contribution in [0.4, 0.5) is 14.5 Å². The molecule has 0 aliphatic heterocycles. The molecule has 21 heavy (non-hydrogen) atoms. The third-order valence-corrected chi connectivity index (χ3v) is 2.78. The number of rotatable bonds is 4. The van der Waals surface area contributed by atoms with Gasteiger partial charge in [0.15, 0.2) is 5.82 Å². The Morgan fingerprint density at radius 1 is 1.10 bits per heavy atom. The fraction of sp³-hybridized carbons (Fsp3) is 0.231. The van der Waals surface area contributed by atoms with E-state index in [0.29, 0.717) is 6.07 Å². The third kappa shape index (κ3) is 3.00. The second kappa shape index (κ2) is 5.88. The molecule has 0 amide bonds. The first-order valence-corrected chi connectivity index (χ1v) is 5.85. The van der Waals surface area contributed by atoms with Crippen molar-refractivity contribution in [3.8, 4) is 11.8 Å². The molecule has 0 saturated carbocycles. The lowest BCUT2D eigenvalue weighted by atomic mass is 10.1. The molecule has 1 atom stereocenters. The van der Waals surface area contributed by atoms with Crippen LogP contribution in [-0.4, -0.2) is 29.3 Å². The standard InChI is InChI=1S/C13H13F2N3O3/c1-20-9-5-10(21-2)18-13(17-9)12(19)7-3-6(14)4-8(15)11(7)16/h3-5,12,19H,16H2,1-2H3. The van der Waals surface area contributed by atoms with E-state index < -0.39 is 17.7 Å². The highest BCUT2D eigenvalue weighted by Crippen LogP contribution is 2.29. The van der Waals surface area contributed by atoms with Crippen LogP contribution in [0.15, 0.2) is 18.2 Å². The van der Waals surface area contributed by atoms with E-state index in [1.807, 2.05) is 0 Å². The Bertz CT molecular complexity index is 645. The summed E-state index contributed by atoms with van der Waals surface area (Å²) in [6.07, 6.45) is -1.53. The van der Waals surface area contributed by atoms with Crippen molar-refractivity contribution in [1.29, 1.82) is 0 Å². The highest BCUT2D eigenvalue weighted by atomic mass is 19.1. The fourth-order valence-corrected chi connectivity index (χ4v) is 1.72. The zero-order chi connectivity index (χ0) is 15.6. The molecule has 0 fully saturated rings. The maximum Gasteiger partial charge on any atom is 0.220 e. The number of hydrogen-bond donors (Lipinski definition) is 2. The number of hydrogen-bond acceptors (Lipinski definition) is 6. The van der Waals surface area contributed by atoms with Crippen LogP contribution in [0, 0.1) is 11.6 Å². The van der Waals surface area contributed by atoms with Crippen LogP contribution in [0.2, 0.25) is 0 Å². The molecule has 0 aliphatic carbocycles. The maximum absolute atomic E-state index is 13.4. The maximum atomic E-state index is 13.4. The number of nitrogens with zero attached hydrogens (tertiary/aromatic N) is 2. The van der Waals surface area contributed by atoms with E-state index >= 15 is 0 Å². The average Bonchev–Trinajstić information content (AvgIpc) is 2.49. The van der Waals surface area contributed by atoms with Gasteiger partial charge in [0.1, 0.15) is 17.7 Å². The second-order valence-corrected chi connectivity index (χ2v) is 4.10. The van der Waals surface area contributed by atoms with Crippen LogP contribution in [-0.2, 0) is 0 Å². The molecule has 6 nitrogen and oxygen atoms in total. The van der Waals surface area contributed by atoms with Gasteiger partial charge in [0, 0.05) is 11.6 Å². The van der Waals surface area contributed by atoms with Crippen molar-refractivity contribution in [3.05, 3.63) is 41.2 Å². The number of anilines is 1. The molecule has 2 rings (SSSR count).